The first-order valence-electron chi connectivity index (χ1n) is 6.61. The summed E-state index contributed by atoms with van der Waals surface area (Å²) in [5.74, 6) is 0.139. The molecule has 0 aliphatic heterocycles. The SMILES string of the molecule is Nc1cc(F)ccc1S(=O)(=O)NCCCOCC1CC1. The zero-order chi connectivity index (χ0) is 14.6. The van der Waals surface area contributed by atoms with Crippen LogP contribution >= 0.6 is 0 Å². The van der Waals surface area contributed by atoms with Gasteiger partial charge in [-0.25, -0.2) is 17.5 Å². The van der Waals surface area contributed by atoms with Crippen LogP contribution in [0.1, 0.15) is 19.3 Å². The Morgan fingerprint density at radius 3 is 2.80 bits per heavy atom. The molecule has 1 saturated carbocycles. The van der Waals surface area contributed by atoms with Gasteiger partial charge in [-0.2, -0.15) is 0 Å². The molecule has 0 radical (unpaired) electrons. The van der Waals surface area contributed by atoms with Crippen molar-refractivity contribution in [1.82, 2.24) is 4.72 Å². The number of nitrogens with one attached hydrogen (secondary N) is 1. The van der Waals surface area contributed by atoms with Crippen LogP contribution in [-0.4, -0.2) is 28.2 Å². The number of sulfonamides is 1. The van der Waals surface area contributed by atoms with Crippen molar-refractivity contribution >= 4 is 15.7 Å². The van der Waals surface area contributed by atoms with Crippen LogP contribution in [0.4, 0.5) is 10.1 Å². The Bertz CT molecular complexity index is 559. The molecular weight excluding hydrogens is 283 g/mol. The fourth-order valence-electron chi connectivity index (χ4n) is 1.76. The minimum Gasteiger partial charge on any atom is -0.398 e. The van der Waals surface area contributed by atoms with Crippen molar-refractivity contribution in [1.29, 1.82) is 0 Å². The highest BCUT2D eigenvalue weighted by Crippen LogP contribution is 2.28. The number of nitrogen functional groups attached to an aromatic ring is 1. The van der Waals surface area contributed by atoms with Crippen LogP contribution in [0.5, 0.6) is 0 Å². The maximum Gasteiger partial charge on any atom is 0.242 e. The number of hydrogen-bond acceptors (Lipinski definition) is 4. The average molecular weight is 302 g/mol. The third-order valence-electron chi connectivity index (χ3n) is 3.07. The van der Waals surface area contributed by atoms with E-state index in [4.69, 9.17) is 10.5 Å². The number of benzene rings is 1. The van der Waals surface area contributed by atoms with Crippen LogP contribution in [0.15, 0.2) is 23.1 Å². The third kappa shape index (κ3) is 4.43. The molecule has 1 aliphatic carbocycles. The van der Waals surface area contributed by atoms with Gasteiger partial charge in [0.05, 0.1) is 5.69 Å². The van der Waals surface area contributed by atoms with E-state index in [9.17, 15) is 12.8 Å². The van der Waals surface area contributed by atoms with Gasteiger partial charge < -0.3 is 10.5 Å². The highest BCUT2D eigenvalue weighted by atomic mass is 32.2. The molecule has 0 saturated heterocycles. The number of nitrogens with two attached hydrogens (primary N) is 1. The molecule has 0 heterocycles. The molecule has 1 aliphatic rings. The van der Waals surface area contributed by atoms with E-state index in [2.05, 4.69) is 4.72 Å². The maximum absolute atomic E-state index is 12.9. The van der Waals surface area contributed by atoms with Crippen LogP contribution < -0.4 is 10.5 Å². The van der Waals surface area contributed by atoms with Crippen molar-refractivity contribution in [2.75, 3.05) is 25.5 Å². The lowest BCUT2D eigenvalue weighted by molar-refractivity contribution is 0.123. The molecule has 0 amide bonds. The summed E-state index contributed by atoms with van der Waals surface area (Å²) in [6.45, 7) is 1.55. The lowest BCUT2D eigenvalue weighted by Crippen LogP contribution is -2.26. The number of rotatable bonds is 8. The van der Waals surface area contributed by atoms with Gasteiger partial charge >= 0.3 is 0 Å². The summed E-state index contributed by atoms with van der Waals surface area (Å²) in [6.07, 6.45) is 3.06. The molecule has 0 unspecified atom stereocenters. The highest BCUT2D eigenvalue weighted by molar-refractivity contribution is 7.89. The summed E-state index contributed by atoms with van der Waals surface area (Å²) in [5.41, 5.74) is 5.42. The Labute approximate surface area is 118 Å². The Morgan fingerprint density at radius 1 is 1.40 bits per heavy atom. The second-order valence-corrected chi connectivity index (χ2v) is 6.69. The first-order valence-corrected chi connectivity index (χ1v) is 8.10. The molecule has 1 fully saturated rings. The molecule has 1 aromatic rings. The third-order valence-corrected chi connectivity index (χ3v) is 4.60. The van der Waals surface area contributed by atoms with Crippen molar-refractivity contribution in [3.05, 3.63) is 24.0 Å². The van der Waals surface area contributed by atoms with Crippen LogP contribution in [-0.2, 0) is 14.8 Å². The predicted molar refractivity (Wildman–Crippen MR) is 74.2 cm³/mol. The van der Waals surface area contributed by atoms with E-state index in [0.717, 1.165) is 24.8 Å². The van der Waals surface area contributed by atoms with Gasteiger partial charge in [-0.3, -0.25) is 0 Å². The predicted octanol–water partition coefficient (Wildman–Crippen LogP) is 1.50. The number of hydrogen-bond donors (Lipinski definition) is 2. The van der Waals surface area contributed by atoms with Crippen molar-refractivity contribution in [2.45, 2.75) is 24.2 Å². The van der Waals surface area contributed by atoms with E-state index in [-0.39, 0.29) is 17.1 Å². The van der Waals surface area contributed by atoms with Crippen molar-refractivity contribution in [3.63, 3.8) is 0 Å². The van der Waals surface area contributed by atoms with E-state index in [1.54, 1.807) is 0 Å². The quantitative estimate of drug-likeness (QED) is 0.563. The van der Waals surface area contributed by atoms with Gasteiger partial charge in [0.25, 0.3) is 0 Å². The zero-order valence-electron chi connectivity index (χ0n) is 11.1. The van der Waals surface area contributed by atoms with E-state index >= 15 is 0 Å². The minimum atomic E-state index is -3.70. The Hall–Kier alpha value is -1.18. The Kier molecular flexibility index (Phi) is 4.95. The first-order chi connectivity index (χ1) is 9.49. The summed E-state index contributed by atoms with van der Waals surface area (Å²) in [6, 6.07) is 3.23. The molecule has 0 bridgehead atoms. The maximum atomic E-state index is 12.9. The van der Waals surface area contributed by atoms with Crippen molar-refractivity contribution < 1.29 is 17.5 Å². The summed E-state index contributed by atoms with van der Waals surface area (Å²) >= 11 is 0. The van der Waals surface area contributed by atoms with Gasteiger partial charge in [-0.15, -0.1) is 0 Å². The first kappa shape index (κ1) is 15.2. The van der Waals surface area contributed by atoms with Gasteiger partial charge in [0.1, 0.15) is 10.7 Å². The molecule has 7 heteroatoms. The topological polar surface area (TPSA) is 81.4 Å². The number of halogens is 1. The largest absolute Gasteiger partial charge is 0.398 e. The second-order valence-electron chi connectivity index (χ2n) is 4.95. The van der Waals surface area contributed by atoms with Gasteiger partial charge in [-0.05, 0) is 43.4 Å². The minimum absolute atomic E-state index is 0.0949. The van der Waals surface area contributed by atoms with Crippen LogP contribution in [0.3, 0.4) is 0 Å². The van der Waals surface area contributed by atoms with E-state index < -0.39 is 15.8 Å². The van der Waals surface area contributed by atoms with Gasteiger partial charge in [0.15, 0.2) is 0 Å². The molecule has 5 nitrogen and oxygen atoms in total. The molecular formula is C13H19FN2O3S. The zero-order valence-corrected chi connectivity index (χ0v) is 12.0. The van der Waals surface area contributed by atoms with E-state index in [1.807, 2.05) is 0 Å². The Morgan fingerprint density at radius 2 is 2.15 bits per heavy atom. The van der Waals surface area contributed by atoms with Crippen molar-refractivity contribution in [2.24, 2.45) is 5.92 Å². The summed E-state index contributed by atoms with van der Waals surface area (Å²) in [7, 11) is -3.70. The summed E-state index contributed by atoms with van der Waals surface area (Å²) in [4.78, 5) is -0.0993. The van der Waals surface area contributed by atoms with Gasteiger partial charge in [0.2, 0.25) is 10.0 Å². The van der Waals surface area contributed by atoms with Gasteiger partial charge in [-0.1, -0.05) is 0 Å². The molecule has 0 atom stereocenters. The molecule has 20 heavy (non-hydrogen) atoms. The Balaban J connectivity index is 1.77. The lowest BCUT2D eigenvalue weighted by atomic mass is 10.3. The monoisotopic (exact) mass is 302 g/mol. The van der Waals surface area contributed by atoms with E-state index in [0.29, 0.717) is 18.9 Å². The molecule has 0 spiro atoms. The number of anilines is 1. The average Bonchev–Trinajstić information content (AvgIpc) is 3.17. The smallest absolute Gasteiger partial charge is 0.242 e. The molecule has 112 valence electrons. The van der Waals surface area contributed by atoms with Crippen LogP contribution in [0.2, 0.25) is 0 Å². The molecule has 1 aromatic carbocycles. The fraction of sp³-hybridized carbons (Fsp3) is 0.538. The van der Waals surface area contributed by atoms with E-state index in [1.165, 1.54) is 12.8 Å². The molecule has 3 N–H and O–H groups in total. The van der Waals surface area contributed by atoms with Gasteiger partial charge in [0, 0.05) is 19.8 Å². The van der Waals surface area contributed by atoms with Crippen molar-refractivity contribution in [3.8, 4) is 0 Å². The standard InChI is InChI=1S/C13H19FN2O3S/c14-11-4-5-13(12(15)8-11)20(17,18)16-6-1-7-19-9-10-2-3-10/h4-5,8,10,16H,1-3,6-7,9,15H2. The normalized spacial score (nSPS) is 15.4. The summed E-state index contributed by atoms with van der Waals surface area (Å²) in [5, 5.41) is 0. The fourth-order valence-corrected chi connectivity index (χ4v) is 2.94. The second kappa shape index (κ2) is 6.51. The lowest BCUT2D eigenvalue weighted by Gasteiger charge is -2.09. The number of ether oxygens (including phenoxy) is 1. The van der Waals surface area contributed by atoms with Crippen LogP contribution in [0.25, 0.3) is 0 Å². The molecule has 0 aromatic heterocycles. The summed E-state index contributed by atoms with van der Waals surface area (Å²) < 4.78 is 44.6. The molecule has 2 rings (SSSR count). The highest BCUT2D eigenvalue weighted by Gasteiger charge is 2.21. The van der Waals surface area contributed by atoms with Crippen LogP contribution in [0, 0.1) is 11.7 Å².